The van der Waals surface area contributed by atoms with Crippen molar-refractivity contribution >= 4 is 90.5 Å². The summed E-state index contributed by atoms with van der Waals surface area (Å²) in [4.78, 5) is 37.0. The molecule has 0 aromatic heterocycles. The molecule has 5 heterocycles. The van der Waals surface area contributed by atoms with Crippen molar-refractivity contribution in [1.82, 2.24) is 9.44 Å². The maximum absolute atomic E-state index is 13.0. The van der Waals surface area contributed by atoms with Gasteiger partial charge in [0.25, 0.3) is 0 Å². The molecule has 0 amide bonds. The van der Waals surface area contributed by atoms with E-state index in [4.69, 9.17) is 37.9 Å². The number of carboxylic acid groups (broad SMARTS) is 3. The second-order valence-electron chi connectivity index (χ2n) is 17.8. The predicted octanol–water partition coefficient (Wildman–Crippen LogP) is -12.7. The Labute approximate surface area is 479 Å². The number of ether oxygens (including phenoxy) is 9. The number of aliphatic hydroxyl groups excluding tert-OH is 6. The van der Waals surface area contributed by atoms with Crippen molar-refractivity contribution in [1.29, 1.82) is 0 Å². The lowest BCUT2D eigenvalue weighted by molar-refractivity contribution is -0.371. The Kier molecular flexibility index (Phi) is 23.8. The number of hydrogen-bond acceptors (Lipinski definition) is 37. The Morgan fingerprint density at radius 1 is 0.395 bits per heavy atom. The average Bonchev–Trinajstić information content (AvgIpc) is 0.866. The first kappa shape index (κ1) is 73.6. The largest absolute Gasteiger partial charge is 0.479 e. The number of nitrogens with one attached hydrogen (secondary N) is 2. The standard InChI is InChI=1S/C30H48N2O47S7/c33-4-1-5(23(38)39)68-29(14(4)77-84(57,58)59)72-15-6(2-66-82(51,52)53)69-28(8(10(15)34)31-80(45,46)47)75-18-13(37)20(79-86(63,64)65)30(76-22(18)25(42)43)73-16-7(3-67-83(54,55)56)70-27(9(11(16)35)32-81(48,49)50)74-17-12(36)19(78-85(60,61)62)26(44)71-21(17)24(40)41/h4-22,26-37,44H,1-3H2,(H,38,39)(H,40,41)(H,42,43)(H,45,46,47)(H,48,49,50)(H,51,52,53)(H,54,55,56)(H,57,58,59)(H,60,61,62)(H,63,64,65)/t4-,5+,6+,7+,8+,9+,10+,11+,12-,13-,14+,15+,16+,17-,18-,19+,20+,21+,22+,26+,27+,28+,29-,30+/m0/s1. The van der Waals surface area contributed by atoms with Crippen LogP contribution in [0.2, 0.25) is 0 Å². The van der Waals surface area contributed by atoms with Gasteiger partial charge in [-0.15, -0.1) is 0 Å². The summed E-state index contributed by atoms with van der Waals surface area (Å²) >= 11 is 0. The first-order valence-corrected chi connectivity index (χ1v) is 32.0. The molecule has 0 aromatic rings. The summed E-state index contributed by atoms with van der Waals surface area (Å²) in [5.41, 5.74) is 0. The highest BCUT2D eigenvalue weighted by Gasteiger charge is 2.61. The maximum Gasteiger partial charge on any atom is 0.397 e. The minimum atomic E-state index is -6.21. The highest BCUT2D eigenvalue weighted by molar-refractivity contribution is 7.84. The lowest BCUT2D eigenvalue weighted by atomic mass is 9.94. The fourth-order valence-electron chi connectivity index (χ4n) is 8.51. The molecule has 0 radical (unpaired) electrons. The van der Waals surface area contributed by atoms with Crippen LogP contribution in [0.3, 0.4) is 0 Å². The van der Waals surface area contributed by atoms with Gasteiger partial charge in [-0.3, -0.25) is 31.9 Å². The van der Waals surface area contributed by atoms with Crippen LogP contribution in [0.5, 0.6) is 0 Å². The van der Waals surface area contributed by atoms with Crippen LogP contribution in [-0.4, -0.2) is 315 Å². The number of carbonyl (C=O) groups is 3. The molecule has 86 heavy (non-hydrogen) atoms. The summed E-state index contributed by atoms with van der Waals surface area (Å²) in [6, 6.07) is -5.84. The summed E-state index contributed by atoms with van der Waals surface area (Å²) in [7, 11) is -40.9. The Morgan fingerprint density at radius 3 is 1.10 bits per heavy atom. The van der Waals surface area contributed by atoms with E-state index in [1.165, 1.54) is 9.44 Å². The summed E-state index contributed by atoms with van der Waals surface area (Å²) in [6.07, 6.45) is -64.4. The third-order valence-corrected chi connectivity index (χ3v) is 15.2. The molecule has 5 aliphatic heterocycles. The maximum atomic E-state index is 13.0. The van der Waals surface area contributed by atoms with Crippen molar-refractivity contribution in [3.05, 3.63) is 0 Å². The molecule has 5 rings (SSSR count). The minimum absolute atomic E-state index is 1.07. The van der Waals surface area contributed by atoms with Crippen molar-refractivity contribution in [2.75, 3.05) is 13.2 Å². The predicted molar refractivity (Wildman–Crippen MR) is 244 cm³/mol. The van der Waals surface area contributed by atoms with Gasteiger partial charge in [0.2, 0.25) is 0 Å². The second-order valence-corrected chi connectivity index (χ2v) is 25.5. The molecule has 0 bridgehead atoms. The molecule has 5 saturated heterocycles. The van der Waals surface area contributed by atoms with Gasteiger partial charge in [0.1, 0.15) is 73.1 Å². The van der Waals surface area contributed by atoms with Crippen molar-refractivity contribution in [3.63, 3.8) is 0 Å². The van der Waals surface area contributed by atoms with Crippen molar-refractivity contribution in [2.24, 2.45) is 0 Å². The van der Waals surface area contributed by atoms with E-state index in [1.807, 2.05) is 0 Å². The molecule has 5 aliphatic rings. The Morgan fingerprint density at radius 2 is 0.744 bits per heavy atom. The van der Waals surface area contributed by atoms with Gasteiger partial charge < -0.3 is 88.6 Å². The van der Waals surface area contributed by atoms with Gasteiger partial charge in [0.05, 0.1) is 19.3 Å². The molecule has 0 saturated carbocycles. The molecule has 502 valence electrons. The quantitative estimate of drug-likeness (QED) is 0.0340. The lowest BCUT2D eigenvalue weighted by Gasteiger charge is -2.50. The van der Waals surface area contributed by atoms with Crippen LogP contribution in [0.25, 0.3) is 0 Å². The fourth-order valence-corrected chi connectivity index (χ4v) is 11.8. The van der Waals surface area contributed by atoms with Gasteiger partial charge in [-0.2, -0.15) is 68.4 Å². The number of hydrogen-bond donors (Lipinski definition) is 18. The summed E-state index contributed by atoms with van der Waals surface area (Å²) in [5, 5.41) is 96.6. The Hall–Kier alpha value is -3.10. The first-order chi connectivity index (χ1) is 38.9. The van der Waals surface area contributed by atoms with Crippen LogP contribution >= 0.6 is 0 Å². The lowest BCUT2D eigenvalue weighted by Crippen LogP contribution is -2.71. The van der Waals surface area contributed by atoms with Crippen molar-refractivity contribution < 1.29 is 215 Å². The summed E-state index contributed by atoms with van der Waals surface area (Å²) in [6.45, 7) is -3.64. The van der Waals surface area contributed by atoms with Crippen LogP contribution in [-0.2, 0) is 151 Å². The highest BCUT2D eigenvalue weighted by Crippen LogP contribution is 2.38. The Bertz CT molecular complexity index is 3240. The van der Waals surface area contributed by atoms with E-state index in [-0.39, 0.29) is 0 Å². The number of rotatable bonds is 27. The third-order valence-electron chi connectivity index (χ3n) is 11.8. The van der Waals surface area contributed by atoms with Gasteiger partial charge in [0.15, 0.2) is 68.1 Å². The van der Waals surface area contributed by atoms with Crippen molar-refractivity contribution in [2.45, 2.75) is 154 Å². The van der Waals surface area contributed by atoms with Crippen LogP contribution in [0.4, 0.5) is 0 Å². The summed E-state index contributed by atoms with van der Waals surface area (Å²) < 4.78 is 305. The van der Waals surface area contributed by atoms with Crippen LogP contribution < -0.4 is 9.44 Å². The first-order valence-electron chi connectivity index (χ1n) is 22.3. The minimum Gasteiger partial charge on any atom is -0.479 e. The van der Waals surface area contributed by atoms with E-state index >= 15 is 0 Å². The normalized spacial score (nSPS) is 39.1. The molecule has 5 fully saturated rings. The molecule has 56 heteroatoms. The molecule has 18 N–H and O–H groups in total. The smallest absolute Gasteiger partial charge is 0.397 e. The second kappa shape index (κ2) is 27.8. The molecule has 0 unspecified atom stereocenters. The van der Waals surface area contributed by atoms with E-state index in [2.05, 4.69) is 25.7 Å². The molecule has 49 nitrogen and oxygen atoms in total. The molecular formula is C30H48N2O47S7. The van der Waals surface area contributed by atoms with Gasteiger partial charge in [-0.05, 0) is 0 Å². The van der Waals surface area contributed by atoms with Gasteiger partial charge in [-0.25, -0.2) is 35.3 Å². The fraction of sp³-hybridized carbons (Fsp3) is 0.900. The van der Waals surface area contributed by atoms with Gasteiger partial charge in [-0.1, -0.05) is 0 Å². The van der Waals surface area contributed by atoms with E-state index in [9.17, 15) is 151 Å². The van der Waals surface area contributed by atoms with E-state index in [0.717, 1.165) is 0 Å². The summed E-state index contributed by atoms with van der Waals surface area (Å²) in [5.74, 6) is -6.72. The molecule has 24 atom stereocenters. The topological polar surface area (TPSA) is 767 Å². The Balaban J connectivity index is 1.59. The van der Waals surface area contributed by atoms with Gasteiger partial charge >= 0.3 is 90.5 Å². The van der Waals surface area contributed by atoms with Crippen LogP contribution in [0.1, 0.15) is 6.42 Å². The number of carboxylic acids is 3. The monoisotopic (exact) mass is 1410 g/mol. The zero-order valence-corrected chi connectivity index (χ0v) is 46.9. The third kappa shape index (κ3) is 20.7. The number of aliphatic carboxylic acids is 3. The zero-order chi connectivity index (χ0) is 65.5. The molecule has 0 aliphatic carbocycles. The number of aliphatic hydroxyl groups is 6. The highest BCUT2D eigenvalue weighted by atomic mass is 32.3. The molecule has 0 spiro atoms. The van der Waals surface area contributed by atoms with E-state index in [0.29, 0.717) is 0 Å². The molecule has 0 aromatic carbocycles. The van der Waals surface area contributed by atoms with Crippen molar-refractivity contribution in [3.8, 4) is 0 Å². The van der Waals surface area contributed by atoms with Crippen LogP contribution in [0.15, 0.2) is 0 Å². The van der Waals surface area contributed by atoms with E-state index < -0.39 is 257 Å². The average molecular weight is 1410 g/mol. The van der Waals surface area contributed by atoms with Crippen LogP contribution in [0, 0.1) is 0 Å². The van der Waals surface area contributed by atoms with Gasteiger partial charge in [0, 0.05) is 6.42 Å². The molecular weight excluding hydrogens is 1360 g/mol. The zero-order valence-electron chi connectivity index (χ0n) is 41.1. The van der Waals surface area contributed by atoms with E-state index in [1.54, 1.807) is 0 Å². The SMILES string of the molecule is O=C(O)[C@H]1C[C@H](O)[C@@H](OS(=O)(=O)O)[C@H](O[C@H]2[C@H](O)[C@@H](NS(=O)(=O)O)[C@@H](O[C@H]3[C@H](O)[C@@H](OS(=O)(=O)O)[C@H](O[C@H]4[C@H](O)[C@@H](NS(=O)(=O)O)[C@@H](O[C@H]5[C@H](O)[C@@H](OS(=O)(=O)O)[C@H](O)O[C@H]5C(=O)O)O[C@@H]4COS(=O)(=O)O)O[C@H]3C(=O)O)O[C@@H]2COS(=O)(=O)O)O1.